The van der Waals surface area contributed by atoms with Crippen molar-refractivity contribution in [3.63, 3.8) is 0 Å². The Morgan fingerprint density at radius 2 is 2.00 bits per heavy atom. The van der Waals surface area contributed by atoms with Crippen LogP contribution in [0.5, 0.6) is 5.75 Å². The van der Waals surface area contributed by atoms with E-state index in [1.807, 2.05) is 6.92 Å². The summed E-state index contributed by atoms with van der Waals surface area (Å²) in [6.45, 7) is 3.54. The largest absolute Gasteiger partial charge is 0.508 e. The van der Waals surface area contributed by atoms with Gasteiger partial charge in [-0.3, -0.25) is 9.79 Å². The highest BCUT2D eigenvalue weighted by atomic mass is 32.2. The van der Waals surface area contributed by atoms with Crippen molar-refractivity contribution < 1.29 is 18.7 Å². The summed E-state index contributed by atoms with van der Waals surface area (Å²) in [6.07, 6.45) is 0.642. The number of thioether (sulfide) groups is 1. The zero-order chi connectivity index (χ0) is 22.2. The standard InChI is InChI=1S/C23H22FN3O3S/c1-13-17(12-20(30-13)14-3-6-16(28)7-4-14)21(29)26-15-5-8-19(24)18(11-15)23(2)9-10-31-22(25)27-23/h3-8,11-12,28H,9-10H2,1-2H3,(H2,25,27)(H,26,29). The number of rotatable bonds is 4. The summed E-state index contributed by atoms with van der Waals surface area (Å²) in [5, 5.41) is 12.7. The van der Waals surface area contributed by atoms with Gasteiger partial charge in [-0.05, 0) is 68.8 Å². The van der Waals surface area contributed by atoms with E-state index in [9.17, 15) is 14.3 Å². The first-order valence-corrected chi connectivity index (χ1v) is 10.7. The number of aliphatic imine (C=N–C) groups is 1. The number of aromatic hydroxyl groups is 1. The number of nitrogens with two attached hydrogens (primary N) is 1. The van der Waals surface area contributed by atoms with Crippen LogP contribution in [-0.4, -0.2) is 21.9 Å². The summed E-state index contributed by atoms with van der Waals surface area (Å²) < 4.78 is 20.3. The third-order valence-electron chi connectivity index (χ3n) is 5.31. The third-order valence-corrected chi connectivity index (χ3v) is 6.11. The Hall–Kier alpha value is -3.26. The second kappa shape index (κ2) is 8.11. The minimum absolute atomic E-state index is 0.147. The first-order chi connectivity index (χ1) is 14.7. The van der Waals surface area contributed by atoms with Gasteiger partial charge in [0.2, 0.25) is 0 Å². The van der Waals surface area contributed by atoms with E-state index in [4.69, 9.17) is 10.2 Å². The number of amides is 1. The molecule has 3 aromatic rings. The van der Waals surface area contributed by atoms with Crippen LogP contribution in [0, 0.1) is 12.7 Å². The number of anilines is 1. The van der Waals surface area contributed by atoms with E-state index in [0.717, 1.165) is 11.3 Å². The molecule has 0 saturated heterocycles. The lowest BCUT2D eigenvalue weighted by atomic mass is 9.89. The molecule has 1 aliphatic heterocycles. The Morgan fingerprint density at radius 1 is 1.26 bits per heavy atom. The van der Waals surface area contributed by atoms with E-state index in [1.165, 1.54) is 23.9 Å². The Kier molecular flexibility index (Phi) is 5.49. The summed E-state index contributed by atoms with van der Waals surface area (Å²) in [5.74, 6) is 1.11. The fraction of sp³-hybridized carbons (Fsp3) is 0.217. The van der Waals surface area contributed by atoms with Gasteiger partial charge in [0.05, 0.1) is 11.1 Å². The first kappa shape index (κ1) is 21.0. The molecule has 160 valence electrons. The van der Waals surface area contributed by atoms with Gasteiger partial charge in [0.25, 0.3) is 5.91 Å². The Labute approximate surface area is 183 Å². The Balaban J connectivity index is 1.60. The van der Waals surface area contributed by atoms with Crippen molar-refractivity contribution in [3.05, 3.63) is 71.2 Å². The van der Waals surface area contributed by atoms with Crippen molar-refractivity contribution >= 4 is 28.5 Å². The molecular formula is C23H22FN3O3S. The van der Waals surface area contributed by atoms with Crippen LogP contribution in [0.25, 0.3) is 11.3 Å². The lowest BCUT2D eigenvalue weighted by Crippen LogP contribution is -2.29. The highest BCUT2D eigenvalue weighted by molar-refractivity contribution is 8.13. The van der Waals surface area contributed by atoms with Gasteiger partial charge >= 0.3 is 0 Å². The first-order valence-electron chi connectivity index (χ1n) is 9.74. The molecular weight excluding hydrogens is 417 g/mol. The molecule has 0 aliphatic carbocycles. The predicted octanol–water partition coefficient (Wildman–Crippen LogP) is 5.02. The van der Waals surface area contributed by atoms with Crippen molar-refractivity contribution in [2.45, 2.75) is 25.8 Å². The number of benzene rings is 2. The maximum atomic E-state index is 14.6. The van der Waals surface area contributed by atoms with Crippen molar-refractivity contribution in [2.24, 2.45) is 10.7 Å². The van der Waals surface area contributed by atoms with Crippen molar-refractivity contribution in [1.29, 1.82) is 0 Å². The minimum atomic E-state index is -0.780. The number of nitrogens with one attached hydrogen (secondary N) is 1. The Bertz CT molecular complexity index is 1170. The molecule has 1 atom stereocenters. The number of halogens is 1. The van der Waals surface area contributed by atoms with Crippen molar-refractivity contribution in [1.82, 2.24) is 0 Å². The third kappa shape index (κ3) is 4.29. The fourth-order valence-electron chi connectivity index (χ4n) is 3.57. The SMILES string of the molecule is Cc1oc(-c2ccc(O)cc2)cc1C(=O)Nc1ccc(F)c(C2(C)CCSC(N)=N2)c1. The van der Waals surface area contributed by atoms with Gasteiger partial charge in [-0.15, -0.1) is 0 Å². The van der Waals surface area contributed by atoms with Gasteiger partial charge in [-0.1, -0.05) is 11.8 Å². The number of aryl methyl sites for hydroxylation is 1. The van der Waals surface area contributed by atoms with E-state index in [-0.39, 0.29) is 11.7 Å². The van der Waals surface area contributed by atoms with Crippen LogP contribution in [0.4, 0.5) is 10.1 Å². The number of phenols is 1. The summed E-state index contributed by atoms with van der Waals surface area (Å²) in [5.41, 5.74) is 7.05. The second-order valence-electron chi connectivity index (χ2n) is 7.60. The van der Waals surface area contributed by atoms with Gasteiger partial charge in [0.1, 0.15) is 23.1 Å². The monoisotopic (exact) mass is 439 g/mol. The molecule has 0 bridgehead atoms. The molecule has 6 nitrogen and oxygen atoms in total. The van der Waals surface area contributed by atoms with E-state index in [0.29, 0.717) is 39.9 Å². The lowest BCUT2D eigenvalue weighted by Gasteiger charge is -2.30. The van der Waals surface area contributed by atoms with Gasteiger partial charge in [-0.2, -0.15) is 0 Å². The molecule has 0 saturated carbocycles. The predicted molar refractivity (Wildman–Crippen MR) is 121 cm³/mol. The highest BCUT2D eigenvalue weighted by Crippen LogP contribution is 2.37. The van der Waals surface area contributed by atoms with Crippen LogP contribution in [-0.2, 0) is 5.54 Å². The minimum Gasteiger partial charge on any atom is -0.508 e. The second-order valence-corrected chi connectivity index (χ2v) is 8.71. The average molecular weight is 440 g/mol. The zero-order valence-corrected chi connectivity index (χ0v) is 17.9. The van der Waals surface area contributed by atoms with Gasteiger partial charge < -0.3 is 20.6 Å². The molecule has 8 heteroatoms. The number of carbonyl (C=O) groups is 1. The molecule has 1 amide bonds. The summed E-state index contributed by atoms with van der Waals surface area (Å²) >= 11 is 1.45. The van der Waals surface area contributed by atoms with Crippen LogP contribution < -0.4 is 11.1 Å². The zero-order valence-electron chi connectivity index (χ0n) is 17.1. The smallest absolute Gasteiger partial charge is 0.259 e. The van der Waals surface area contributed by atoms with Crippen molar-refractivity contribution in [3.8, 4) is 17.1 Å². The van der Waals surface area contributed by atoms with Crippen LogP contribution >= 0.6 is 11.8 Å². The molecule has 0 radical (unpaired) electrons. The van der Waals surface area contributed by atoms with Gasteiger partial charge in [0.15, 0.2) is 5.17 Å². The number of nitrogens with zero attached hydrogens (tertiary/aromatic N) is 1. The summed E-state index contributed by atoms with van der Waals surface area (Å²) in [4.78, 5) is 17.3. The fourth-order valence-corrected chi connectivity index (χ4v) is 4.54. The maximum Gasteiger partial charge on any atom is 0.259 e. The molecule has 2 heterocycles. The number of hydrogen-bond acceptors (Lipinski definition) is 6. The molecule has 4 N–H and O–H groups in total. The number of hydrogen-bond donors (Lipinski definition) is 3. The lowest BCUT2D eigenvalue weighted by molar-refractivity contribution is 0.102. The topological polar surface area (TPSA) is 101 Å². The maximum absolute atomic E-state index is 14.6. The van der Waals surface area contributed by atoms with Crippen LogP contribution in [0.2, 0.25) is 0 Å². The van der Waals surface area contributed by atoms with Crippen LogP contribution in [0.15, 0.2) is 57.9 Å². The van der Waals surface area contributed by atoms with E-state index in [1.54, 1.807) is 43.3 Å². The van der Waals surface area contributed by atoms with Gasteiger partial charge in [0, 0.05) is 22.6 Å². The molecule has 0 spiro atoms. The average Bonchev–Trinajstić information content (AvgIpc) is 3.11. The number of phenolic OH excluding ortho intramolecular Hbond substituents is 1. The molecule has 1 unspecified atom stereocenters. The molecule has 1 aliphatic rings. The van der Waals surface area contributed by atoms with E-state index < -0.39 is 11.4 Å². The van der Waals surface area contributed by atoms with Crippen LogP contribution in [0.3, 0.4) is 0 Å². The van der Waals surface area contributed by atoms with Crippen molar-refractivity contribution in [2.75, 3.05) is 11.1 Å². The molecule has 31 heavy (non-hydrogen) atoms. The highest BCUT2D eigenvalue weighted by Gasteiger charge is 2.32. The normalized spacial score (nSPS) is 18.5. The molecule has 4 rings (SSSR count). The molecule has 0 fully saturated rings. The van der Waals surface area contributed by atoms with E-state index >= 15 is 0 Å². The molecule has 2 aromatic carbocycles. The number of carbonyl (C=O) groups excluding carboxylic acids is 1. The quantitative estimate of drug-likeness (QED) is 0.530. The van der Waals surface area contributed by atoms with Gasteiger partial charge in [-0.25, -0.2) is 4.39 Å². The summed E-state index contributed by atoms with van der Waals surface area (Å²) in [6, 6.07) is 12.6. The molecule has 1 aromatic heterocycles. The van der Waals surface area contributed by atoms with E-state index in [2.05, 4.69) is 10.3 Å². The van der Waals surface area contributed by atoms with Crippen LogP contribution in [0.1, 0.15) is 35.0 Å². The number of amidine groups is 1. The number of furan rings is 1. The Morgan fingerprint density at radius 3 is 2.71 bits per heavy atom. The summed E-state index contributed by atoms with van der Waals surface area (Å²) in [7, 11) is 0.